The van der Waals surface area contributed by atoms with E-state index in [2.05, 4.69) is 21.9 Å². The van der Waals surface area contributed by atoms with Crippen LogP contribution in [0.2, 0.25) is 0 Å². The lowest BCUT2D eigenvalue weighted by Crippen LogP contribution is -2.59. The molecule has 56 heavy (non-hydrogen) atoms. The smallest absolute Gasteiger partial charge is 0.408 e. The molecule has 7 atom stereocenters. The third kappa shape index (κ3) is 7.67. The summed E-state index contributed by atoms with van der Waals surface area (Å²) >= 11 is 0. The van der Waals surface area contributed by atoms with Gasteiger partial charge in [-0.15, -0.1) is 6.58 Å². The van der Waals surface area contributed by atoms with Crippen molar-refractivity contribution in [3.05, 3.63) is 53.3 Å². The van der Waals surface area contributed by atoms with E-state index in [1.165, 1.54) is 11.0 Å². The predicted octanol–water partition coefficient (Wildman–Crippen LogP) is 4.05. The number of nitrogens with zero attached hydrogens (tertiary/aromatic N) is 2. The number of rotatable bonds is 7. The molecule has 15 heteroatoms. The number of carbonyl (C=O) groups excluding carboxylic acids is 4. The Morgan fingerprint density at radius 1 is 0.911 bits per heavy atom. The van der Waals surface area contributed by atoms with E-state index in [0.29, 0.717) is 36.0 Å². The first-order valence-corrected chi connectivity index (χ1v) is 22.1. The van der Waals surface area contributed by atoms with E-state index < -0.39 is 68.7 Å². The Morgan fingerprint density at radius 3 is 2.39 bits per heavy atom. The minimum Gasteiger partial charge on any atom is -0.473 e. The second kappa shape index (κ2) is 15.5. The molecule has 0 spiro atoms. The van der Waals surface area contributed by atoms with Crippen molar-refractivity contribution in [1.29, 1.82) is 0 Å². The quantitative estimate of drug-likeness (QED) is 0.349. The number of sulfonamides is 1. The van der Waals surface area contributed by atoms with Crippen molar-refractivity contribution in [3.8, 4) is 5.88 Å². The van der Waals surface area contributed by atoms with Gasteiger partial charge in [-0.3, -0.25) is 28.5 Å². The number of hydrogen-bond acceptors (Lipinski definition) is 9. The maximum Gasteiger partial charge on any atom is 0.408 e. The van der Waals surface area contributed by atoms with Gasteiger partial charge in [0.1, 0.15) is 29.8 Å². The molecule has 5 fully saturated rings. The normalized spacial score (nSPS) is 31.5. The molecular weight excluding hydrogens is 739 g/mol. The van der Waals surface area contributed by atoms with Crippen LogP contribution in [0.15, 0.2) is 47.8 Å². The van der Waals surface area contributed by atoms with E-state index in [0.717, 1.165) is 70.6 Å². The standard InChI is InChI=1S/C41H53N5O9S/c1-2-28-23-41(28,39(50)44-56(52,53)30-18-19-30)43-36(47)32-22-29-24-46(32)38(49)35(26-12-5-6-13-26)42-40(51)55-33-17-10-15-25(33)11-4-3-9-20-45-34(54-29)21-27-14-7-8-16-31(27)37(45)48/h2,7-8,14,16,21,25-26,28-30,32-33,35H,1,3-6,9-13,15,17-20,22-24H2,(H,42,51)(H,43,47)(H,44,50)/t25-,28-,29-,32+,33-,35+,41+/m1/s1. The lowest BCUT2D eigenvalue weighted by Gasteiger charge is -2.32. The van der Waals surface area contributed by atoms with E-state index in [1.54, 1.807) is 10.6 Å². The summed E-state index contributed by atoms with van der Waals surface area (Å²) in [4.78, 5) is 71.9. The molecule has 0 radical (unpaired) electrons. The van der Waals surface area contributed by atoms with Gasteiger partial charge in [-0.05, 0) is 87.5 Å². The number of pyridine rings is 1. The zero-order valence-corrected chi connectivity index (χ0v) is 32.6. The van der Waals surface area contributed by atoms with Crippen molar-refractivity contribution in [2.24, 2.45) is 17.8 Å². The molecule has 6 aliphatic rings. The van der Waals surface area contributed by atoms with Crippen LogP contribution in [0.4, 0.5) is 4.79 Å². The van der Waals surface area contributed by atoms with Crippen LogP contribution < -0.4 is 25.7 Å². The highest BCUT2D eigenvalue weighted by molar-refractivity contribution is 7.91. The number of benzene rings is 1. The summed E-state index contributed by atoms with van der Waals surface area (Å²) in [7, 11) is -3.90. The molecule has 14 nitrogen and oxygen atoms in total. The maximum absolute atomic E-state index is 14.8. The lowest BCUT2D eigenvalue weighted by molar-refractivity contribution is -0.142. The third-order valence-electron chi connectivity index (χ3n) is 13.1. The van der Waals surface area contributed by atoms with E-state index in [4.69, 9.17) is 9.47 Å². The van der Waals surface area contributed by atoms with Crippen molar-refractivity contribution < 1.29 is 37.1 Å². The minimum atomic E-state index is -3.90. The summed E-state index contributed by atoms with van der Waals surface area (Å²) in [5.74, 6) is -2.07. The highest BCUT2D eigenvalue weighted by atomic mass is 32.2. The molecule has 2 aromatic rings. The summed E-state index contributed by atoms with van der Waals surface area (Å²) < 4.78 is 42.0. The number of hydrogen-bond donors (Lipinski definition) is 3. The van der Waals surface area contributed by atoms with Crippen LogP contribution in [0.1, 0.15) is 96.3 Å². The highest BCUT2D eigenvalue weighted by Gasteiger charge is 2.62. The fourth-order valence-electron chi connectivity index (χ4n) is 9.64. The average molecular weight is 792 g/mol. The average Bonchev–Trinajstić information content (AvgIpc) is 3.96. The second-order valence-electron chi connectivity index (χ2n) is 16.8. The SMILES string of the molecule is C=C[C@@H]1C[C@@]1(NC(=O)[C@@H]1C[C@@H]2CN1C(=O)[C@H](C1CCCC1)NC(=O)O[C@@H]1CCC[C@H]1CCCCCn1c(cc3ccccc3c1=O)O2)C(=O)NS(=O)(=O)C1CC1. The second-order valence-corrected chi connectivity index (χ2v) is 18.8. The van der Waals surface area contributed by atoms with Gasteiger partial charge < -0.3 is 25.0 Å². The van der Waals surface area contributed by atoms with E-state index >= 15 is 0 Å². The Kier molecular flexibility index (Phi) is 10.7. The number of fused-ring (bicyclic) bond motifs is 5. The fourth-order valence-corrected chi connectivity index (χ4v) is 11.0. The lowest BCUT2D eigenvalue weighted by atomic mass is 9.96. The first kappa shape index (κ1) is 38.5. The molecule has 3 N–H and O–H groups in total. The van der Waals surface area contributed by atoms with Crippen molar-refractivity contribution in [1.82, 2.24) is 24.8 Å². The molecule has 1 aromatic carbocycles. The third-order valence-corrected chi connectivity index (χ3v) is 14.9. The molecular formula is C41H53N5O9S. The number of carbonyl (C=O) groups is 4. The highest BCUT2D eigenvalue weighted by Crippen LogP contribution is 2.46. The van der Waals surface area contributed by atoms with Crippen LogP contribution in [0.3, 0.4) is 0 Å². The van der Waals surface area contributed by atoms with E-state index in [-0.39, 0.29) is 42.9 Å². The van der Waals surface area contributed by atoms with E-state index in [9.17, 15) is 32.4 Å². The minimum absolute atomic E-state index is 0.0251. The van der Waals surface area contributed by atoms with Crippen LogP contribution in [-0.4, -0.2) is 83.3 Å². The van der Waals surface area contributed by atoms with Crippen molar-refractivity contribution in [3.63, 3.8) is 0 Å². The maximum atomic E-state index is 14.8. The topological polar surface area (TPSA) is 182 Å². The van der Waals surface area contributed by atoms with Gasteiger partial charge in [0, 0.05) is 30.3 Å². The Bertz CT molecular complexity index is 2060. The van der Waals surface area contributed by atoms with Crippen LogP contribution >= 0.6 is 0 Å². The van der Waals surface area contributed by atoms with Crippen molar-refractivity contribution in [2.75, 3.05) is 6.54 Å². The zero-order chi connectivity index (χ0) is 39.2. The molecule has 1 saturated heterocycles. The summed E-state index contributed by atoms with van der Waals surface area (Å²) in [6.45, 7) is 4.20. The van der Waals surface area contributed by atoms with Gasteiger partial charge >= 0.3 is 6.09 Å². The molecule has 4 aliphatic carbocycles. The Morgan fingerprint density at radius 2 is 1.64 bits per heavy atom. The number of amides is 4. The number of alkyl carbamates (subject to hydrolysis) is 1. The van der Waals surface area contributed by atoms with Gasteiger partial charge in [0.15, 0.2) is 5.88 Å². The van der Waals surface area contributed by atoms with Gasteiger partial charge in [0.2, 0.25) is 21.8 Å². The number of nitrogens with one attached hydrogen (secondary N) is 3. The summed E-state index contributed by atoms with van der Waals surface area (Å²) in [6.07, 6.45) is 10.3. The number of ether oxygens (including phenoxy) is 2. The Labute approximate surface area is 327 Å². The molecule has 1 aromatic heterocycles. The zero-order valence-electron chi connectivity index (χ0n) is 31.8. The molecule has 4 saturated carbocycles. The summed E-state index contributed by atoms with van der Waals surface area (Å²) in [5.41, 5.74) is -1.73. The molecule has 8 rings (SSSR count). The fraction of sp³-hybridized carbons (Fsp3) is 0.634. The first-order chi connectivity index (χ1) is 27.0. The number of aromatic nitrogens is 1. The van der Waals surface area contributed by atoms with Crippen LogP contribution in [0.25, 0.3) is 10.8 Å². The summed E-state index contributed by atoms with van der Waals surface area (Å²) in [5, 5.41) is 6.41. The first-order valence-electron chi connectivity index (χ1n) is 20.5. The van der Waals surface area contributed by atoms with Gasteiger partial charge in [-0.25, -0.2) is 13.2 Å². The van der Waals surface area contributed by atoms with Gasteiger partial charge in [-0.2, -0.15) is 0 Å². The predicted molar refractivity (Wildman–Crippen MR) is 207 cm³/mol. The van der Waals surface area contributed by atoms with Crippen LogP contribution in [-0.2, 0) is 35.7 Å². The monoisotopic (exact) mass is 791 g/mol. The van der Waals surface area contributed by atoms with Gasteiger partial charge in [0.25, 0.3) is 11.5 Å². The largest absolute Gasteiger partial charge is 0.473 e. The van der Waals surface area contributed by atoms with Crippen molar-refractivity contribution >= 4 is 44.6 Å². The summed E-state index contributed by atoms with van der Waals surface area (Å²) in [6, 6.07) is 7.06. The molecule has 3 heterocycles. The molecule has 2 aliphatic heterocycles. The molecule has 2 bridgehead atoms. The molecule has 4 amide bonds. The van der Waals surface area contributed by atoms with Crippen LogP contribution in [0, 0.1) is 17.8 Å². The Hall–Kier alpha value is -4.40. The van der Waals surface area contributed by atoms with Gasteiger partial charge in [-0.1, -0.05) is 50.0 Å². The van der Waals surface area contributed by atoms with Crippen LogP contribution in [0.5, 0.6) is 5.88 Å². The van der Waals surface area contributed by atoms with Crippen molar-refractivity contribution in [2.45, 2.75) is 138 Å². The Balaban J connectivity index is 1.13. The van der Waals surface area contributed by atoms with Gasteiger partial charge in [0.05, 0.1) is 11.8 Å². The molecule has 302 valence electrons. The van der Waals surface area contributed by atoms with E-state index in [1.807, 2.05) is 24.3 Å². The molecule has 0 unspecified atom stereocenters.